The Labute approximate surface area is 163 Å². The number of amides is 1. The minimum atomic E-state index is -3.48. The van der Waals surface area contributed by atoms with Crippen LogP contribution >= 0.6 is 0 Å². The van der Waals surface area contributed by atoms with Gasteiger partial charge in [-0.25, -0.2) is 8.42 Å². The Morgan fingerprint density at radius 3 is 2.68 bits per heavy atom. The number of carbonyl (C=O) groups is 1. The quantitative estimate of drug-likeness (QED) is 0.693. The predicted octanol–water partition coefficient (Wildman–Crippen LogP) is 2.82. The number of aryl methyl sites for hydroxylation is 1. The van der Waals surface area contributed by atoms with Gasteiger partial charge in [-0.05, 0) is 24.6 Å². The van der Waals surface area contributed by atoms with Crippen LogP contribution in [0, 0.1) is 6.92 Å². The molecule has 0 saturated carbocycles. The Balaban J connectivity index is 1.49. The van der Waals surface area contributed by atoms with Gasteiger partial charge in [0, 0.05) is 17.7 Å². The SMILES string of the molecule is Cc1cccc(C(=O)Nc2n[nH]c3c2CN(S(=O)(=O)Cc2ccccc2)C3)c1. The van der Waals surface area contributed by atoms with Gasteiger partial charge in [0.05, 0.1) is 18.0 Å². The van der Waals surface area contributed by atoms with Gasteiger partial charge in [-0.3, -0.25) is 9.89 Å². The lowest BCUT2D eigenvalue weighted by Gasteiger charge is -2.16. The third-order valence-corrected chi connectivity index (χ3v) is 6.46. The molecule has 4 rings (SSSR count). The molecule has 3 aromatic rings. The van der Waals surface area contributed by atoms with E-state index < -0.39 is 10.0 Å². The van der Waals surface area contributed by atoms with E-state index in [1.807, 2.05) is 37.3 Å². The molecule has 1 amide bonds. The molecule has 0 spiro atoms. The number of fused-ring (bicyclic) bond motifs is 1. The van der Waals surface area contributed by atoms with Gasteiger partial charge in [-0.1, -0.05) is 48.0 Å². The van der Waals surface area contributed by atoms with Crippen molar-refractivity contribution in [3.05, 3.63) is 82.5 Å². The summed E-state index contributed by atoms with van der Waals surface area (Å²) in [5.74, 6) is 0.0405. The van der Waals surface area contributed by atoms with Crippen molar-refractivity contribution in [1.29, 1.82) is 0 Å². The third kappa shape index (κ3) is 3.69. The zero-order valence-electron chi connectivity index (χ0n) is 15.3. The lowest BCUT2D eigenvalue weighted by molar-refractivity contribution is 0.102. The van der Waals surface area contributed by atoms with E-state index >= 15 is 0 Å². The summed E-state index contributed by atoms with van der Waals surface area (Å²) in [6.45, 7) is 2.32. The third-order valence-electron chi connectivity index (χ3n) is 4.72. The van der Waals surface area contributed by atoms with Crippen molar-refractivity contribution in [3.63, 3.8) is 0 Å². The first kappa shape index (κ1) is 18.4. The van der Waals surface area contributed by atoms with Crippen LogP contribution in [0.3, 0.4) is 0 Å². The lowest BCUT2D eigenvalue weighted by atomic mass is 10.1. The lowest BCUT2D eigenvalue weighted by Crippen LogP contribution is -2.27. The number of carbonyl (C=O) groups excluding carboxylic acids is 1. The van der Waals surface area contributed by atoms with Crippen LogP contribution in [0.2, 0.25) is 0 Å². The van der Waals surface area contributed by atoms with E-state index in [2.05, 4.69) is 15.5 Å². The Hall–Kier alpha value is -2.97. The number of rotatable bonds is 5. The molecule has 2 N–H and O–H groups in total. The molecular formula is C20H20N4O3S. The zero-order valence-corrected chi connectivity index (χ0v) is 16.2. The van der Waals surface area contributed by atoms with Crippen molar-refractivity contribution in [2.45, 2.75) is 25.8 Å². The van der Waals surface area contributed by atoms with E-state index in [4.69, 9.17) is 0 Å². The summed E-state index contributed by atoms with van der Waals surface area (Å²) in [7, 11) is -3.48. The second-order valence-corrected chi connectivity index (χ2v) is 8.83. The molecule has 1 aromatic heterocycles. The summed E-state index contributed by atoms with van der Waals surface area (Å²) in [4.78, 5) is 12.5. The smallest absolute Gasteiger partial charge is 0.256 e. The van der Waals surface area contributed by atoms with Crippen LogP contribution in [0.1, 0.15) is 32.7 Å². The molecule has 0 fully saturated rings. The maximum Gasteiger partial charge on any atom is 0.256 e. The zero-order chi connectivity index (χ0) is 19.7. The first-order chi connectivity index (χ1) is 13.4. The van der Waals surface area contributed by atoms with Crippen molar-refractivity contribution in [1.82, 2.24) is 14.5 Å². The molecule has 0 bridgehead atoms. The molecule has 0 unspecified atom stereocenters. The molecule has 1 aliphatic rings. The predicted molar refractivity (Wildman–Crippen MR) is 106 cm³/mol. The van der Waals surface area contributed by atoms with Crippen LogP contribution < -0.4 is 5.32 Å². The molecular weight excluding hydrogens is 376 g/mol. The molecule has 0 saturated heterocycles. The van der Waals surface area contributed by atoms with E-state index in [9.17, 15) is 13.2 Å². The van der Waals surface area contributed by atoms with E-state index in [0.29, 0.717) is 22.6 Å². The monoisotopic (exact) mass is 396 g/mol. The van der Waals surface area contributed by atoms with Crippen LogP contribution in [0.25, 0.3) is 0 Å². The number of H-pyrrole nitrogens is 1. The van der Waals surface area contributed by atoms with E-state index in [-0.39, 0.29) is 24.7 Å². The minimum absolute atomic E-state index is 0.0590. The fraction of sp³-hybridized carbons (Fsp3) is 0.200. The Morgan fingerprint density at radius 2 is 1.93 bits per heavy atom. The van der Waals surface area contributed by atoms with Gasteiger partial charge >= 0.3 is 0 Å². The molecule has 8 heteroatoms. The summed E-state index contributed by atoms with van der Waals surface area (Å²) < 4.78 is 26.9. The topological polar surface area (TPSA) is 95.2 Å². The summed E-state index contributed by atoms with van der Waals surface area (Å²) in [6, 6.07) is 16.3. The summed E-state index contributed by atoms with van der Waals surface area (Å²) >= 11 is 0. The van der Waals surface area contributed by atoms with Gasteiger partial charge in [0.15, 0.2) is 5.82 Å². The van der Waals surface area contributed by atoms with Crippen LogP contribution in [0.5, 0.6) is 0 Å². The Morgan fingerprint density at radius 1 is 1.14 bits per heavy atom. The minimum Gasteiger partial charge on any atom is -0.305 e. The fourth-order valence-electron chi connectivity index (χ4n) is 3.25. The highest BCUT2D eigenvalue weighted by molar-refractivity contribution is 7.88. The van der Waals surface area contributed by atoms with Crippen LogP contribution in [0.4, 0.5) is 5.82 Å². The number of hydrogen-bond acceptors (Lipinski definition) is 4. The molecule has 0 radical (unpaired) electrons. The highest BCUT2D eigenvalue weighted by Crippen LogP contribution is 2.30. The summed E-state index contributed by atoms with van der Waals surface area (Å²) in [6.07, 6.45) is 0. The second kappa shape index (κ2) is 7.21. The average molecular weight is 396 g/mol. The van der Waals surface area contributed by atoms with E-state index in [1.54, 1.807) is 24.3 Å². The largest absolute Gasteiger partial charge is 0.305 e. The van der Waals surface area contributed by atoms with E-state index in [0.717, 1.165) is 11.1 Å². The van der Waals surface area contributed by atoms with Gasteiger partial charge in [0.2, 0.25) is 10.0 Å². The molecule has 7 nitrogen and oxygen atoms in total. The van der Waals surface area contributed by atoms with Crippen molar-refractivity contribution in [2.24, 2.45) is 0 Å². The van der Waals surface area contributed by atoms with Gasteiger partial charge < -0.3 is 5.32 Å². The first-order valence-electron chi connectivity index (χ1n) is 8.88. The highest BCUT2D eigenvalue weighted by Gasteiger charge is 2.33. The van der Waals surface area contributed by atoms with Crippen LogP contribution in [0.15, 0.2) is 54.6 Å². The van der Waals surface area contributed by atoms with Crippen LogP contribution in [-0.4, -0.2) is 28.8 Å². The average Bonchev–Trinajstić information content (AvgIpc) is 3.25. The molecule has 2 aromatic carbocycles. The maximum atomic E-state index is 12.8. The second-order valence-electron chi connectivity index (χ2n) is 6.86. The number of anilines is 1. The normalized spacial score (nSPS) is 14.0. The van der Waals surface area contributed by atoms with Gasteiger partial charge in [0.1, 0.15) is 0 Å². The van der Waals surface area contributed by atoms with Crippen molar-refractivity contribution < 1.29 is 13.2 Å². The Kier molecular flexibility index (Phi) is 4.74. The van der Waals surface area contributed by atoms with Gasteiger partial charge in [-0.15, -0.1) is 0 Å². The number of hydrogen-bond donors (Lipinski definition) is 2. The maximum absolute atomic E-state index is 12.8. The summed E-state index contributed by atoms with van der Waals surface area (Å²) in [5.41, 5.74) is 3.67. The Bertz CT molecular complexity index is 1120. The van der Waals surface area contributed by atoms with Gasteiger partial charge in [-0.2, -0.15) is 9.40 Å². The molecule has 0 atom stereocenters. The number of benzene rings is 2. The standard InChI is InChI=1S/C20H20N4O3S/c1-14-6-5-9-16(10-14)20(25)21-19-17-11-24(12-18(17)22-23-19)28(26,27)13-15-7-3-2-4-8-15/h2-10H,11-13H2,1H3,(H2,21,22,23,25). The van der Waals surface area contributed by atoms with E-state index in [1.165, 1.54) is 4.31 Å². The number of nitrogens with zero attached hydrogens (tertiary/aromatic N) is 2. The van der Waals surface area contributed by atoms with Crippen LogP contribution in [-0.2, 0) is 28.9 Å². The molecule has 2 heterocycles. The van der Waals surface area contributed by atoms with Crippen molar-refractivity contribution in [2.75, 3.05) is 5.32 Å². The highest BCUT2D eigenvalue weighted by atomic mass is 32.2. The number of sulfonamides is 1. The number of aromatic nitrogens is 2. The number of nitrogens with one attached hydrogen (secondary N) is 2. The fourth-order valence-corrected chi connectivity index (χ4v) is 4.70. The molecule has 1 aliphatic heterocycles. The first-order valence-corrected chi connectivity index (χ1v) is 10.5. The molecule has 144 valence electrons. The molecule has 0 aliphatic carbocycles. The van der Waals surface area contributed by atoms with Gasteiger partial charge in [0.25, 0.3) is 5.91 Å². The summed E-state index contributed by atoms with van der Waals surface area (Å²) in [5, 5.41) is 9.78. The van der Waals surface area contributed by atoms with Crippen molar-refractivity contribution in [3.8, 4) is 0 Å². The number of aromatic amines is 1. The van der Waals surface area contributed by atoms with Crippen molar-refractivity contribution >= 4 is 21.7 Å². The molecule has 28 heavy (non-hydrogen) atoms.